The van der Waals surface area contributed by atoms with Gasteiger partial charge in [0.15, 0.2) is 0 Å². The molecule has 19 heavy (non-hydrogen) atoms. The summed E-state index contributed by atoms with van der Waals surface area (Å²) >= 11 is 1.56. The number of aliphatic hydroxyl groups is 2. The molecule has 0 spiro atoms. The van der Waals surface area contributed by atoms with Gasteiger partial charge < -0.3 is 15.1 Å². The second kappa shape index (κ2) is 6.41. The highest BCUT2D eigenvalue weighted by Gasteiger charge is 2.33. The average molecular weight is 281 g/mol. The van der Waals surface area contributed by atoms with E-state index >= 15 is 0 Å². The number of thioether (sulfide) groups is 1. The molecule has 1 aromatic rings. The van der Waals surface area contributed by atoms with Gasteiger partial charge in [0.1, 0.15) is 5.37 Å². The van der Waals surface area contributed by atoms with Gasteiger partial charge in [0.25, 0.3) is 0 Å². The van der Waals surface area contributed by atoms with Crippen LogP contribution < -0.4 is 0 Å². The van der Waals surface area contributed by atoms with Gasteiger partial charge >= 0.3 is 0 Å². The highest BCUT2D eigenvalue weighted by molar-refractivity contribution is 8.00. The average Bonchev–Trinajstić information content (AvgIpc) is 2.80. The highest BCUT2D eigenvalue weighted by atomic mass is 32.2. The van der Waals surface area contributed by atoms with E-state index in [2.05, 4.69) is 19.1 Å². The first-order valence-electron chi connectivity index (χ1n) is 6.44. The Kier molecular flexibility index (Phi) is 4.85. The van der Waals surface area contributed by atoms with E-state index in [1.54, 1.807) is 16.7 Å². The molecule has 1 saturated heterocycles. The Hall–Kier alpha value is -1.04. The number of carbonyl (C=O) groups is 1. The van der Waals surface area contributed by atoms with Crippen molar-refractivity contribution in [2.45, 2.75) is 24.8 Å². The molecule has 2 N–H and O–H groups in total. The third-order valence-electron chi connectivity index (χ3n) is 3.26. The minimum absolute atomic E-state index is 0.0158. The SMILES string of the molecule is CCc1ccc(C2SCC(=O)N2CC(O)CO)cc1. The van der Waals surface area contributed by atoms with Crippen LogP contribution in [0.3, 0.4) is 0 Å². The number of hydrogen-bond acceptors (Lipinski definition) is 4. The van der Waals surface area contributed by atoms with E-state index in [0.29, 0.717) is 5.75 Å². The molecule has 1 aliphatic rings. The van der Waals surface area contributed by atoms with Crippen molar-refractivity contribution in [2.24, 2.45) is 0 Å². The molecule has 5 heteroatoms. The van der Waals surface area contributed by atoms with Crippen LogP contribution in [0.15, 0.2) is 24.3 Å². The number of benzene rings is 1. The van der Waals surface area contributed by atoms with Crippen molar-refractivity contribution in [1.29, 1.82) is 0 Å². The quantitative estimate of drug-likeness (QED) is 0.851. The first kappa shape index (κ1) is 14.4. The molecule has 2 rings (SSSR count). The van der Waals surface area contributed by atoms with E-state index in [4.69, 9.17) is 5.11 Å². The van der Waals surface area contributed by atoms with Gasteiger partial charge in [0, 0.05) is 0 Å². The van der Waals surface area contributed by atoms with Crippen molar-refractivity contribution in [3.05, 3.63) is 35.4 Å². The van der Waals surface area contributed by atoms with Crippen molar-refractivity contribution in [3.8, 4) is 0 Å². The number of amides is 1. The highest BCUT2D eigenvalue weighted by Crippen LogP contribution is 2.38. The predicted molar refractivity (Wildman–Crippen MR) is 75.8 cm³/mol. The molecule has 1 aromatic carbocycles. The maximum atomic E-state index is 11.8. The van der Waals surface area contributed by atoms with E-state index in [9.17, 15) is 9.90 Å². The zero-order valence-electron chi connectivity index (χ0n) is 11.0. The van der Waals surface area contributed by atoms with Crippen molar-refractivity contribution in [1.82, 2.24) is 4.90 Å². The summed E-state index contributed by atoms with van der Waals surface area (Å²) in [4.78, 5) is 13.5. The summed E-state index contributed by atoms with van der Waals surface area (Å²) in [5, 5.41) is 18.4. The molecule has 0 saturated carbocycles. The summed E-state index contributed by atoms with van der Waals surface area (Å²) in [5.74, 6) is 0.445. The van der Waals surface area contributed by atoms with E-state index < -0.39 is 6.10 Å². The van der Waals surface area contributed by atoms with Crippen LogP contribution in [0.25, 0.3) is 0 Å². The summed E-state index contributed by atoms with van der Waals surface area (Å²) in [5.41, 5.74) is 2.33. The normalized spacial score (nSPS) is 20.9. The van der Waals surface area contributed by atoms with Crippen LogP contribution in [0.1, 0.15) is 23.4 Å². The Bertz CT molecular complexity index is 435. The molecule has 0 aliphatic carbocycles. The standard InChI is InChI=1S/C14H19NO3S/c1-2-10-3-5-11(6-4-10)14-15(7-12(17)8-16)13(18)9-19-14/h3-6,12,14,16-17H,2,7-9H2,1H3. The molecule has 1 aliphatic heterocycles. The van der Waals surface area contributed by atoms with E-state index in [1.165, 1.54) is 5.56 Å². The van der Waals surface area contributed by atoms with Gasteiger partial charge in [-0.3, -0.25) is 4.79 Å². The fourth-order valence-electron chi connectivity index (χ4n) is 2.13. The van der Waals surface area contributed by atoms with Crippen LogP contribution in [-0.4, -0.2) is 46.0 Å². The predicted octanol–water partition coefficient (Wildman–Crippen LogP) is 1.18. The summed E-state index contributed by atoms with van der Waals surface area (Å²) in [6, 6.07) is 8.21. The summed E-state index contributed by atoms with van der Waals surface area (Å²) in [6.45, 7) is 1.96. The lowest BCUT2D eigenvalue weighted by Crippen LogP contribution is -2.37. The fraction of sp³-hybridized carbons (Fsp3) is 0.500. The number of nitrogens with zero attached hydrogens (tertiary/aromatic N) is 1. The second-order valence-corrected chi connectivity index (χ2v) is 5.71. The maximum absolute atomic E-state index is 11.8. The second-order valence-electron chi connectivity index (χ2n) is 4.64. The fourth-order valence-corrected chi connectivity index (χ4v) is 3.33. The van der Waals surface area contributed by atoms with Gasteiger partial charge in [-0.1, -0.05) is 31.2 Å². The first-order chi connectivity index (χ1) is 9.15. The zero-order valence-corrected chi connectivity index (χ0v) is 11.8. The van der Waals surface area contributed by atoms with E-state index in [0.717, 1.165) is 12.0 Å². The zero-order chi connectivity index (χ0) is 13.8. The van der Waals surface area contributed by atoms with Crippen molar-refractivity contribution >= 4 is 17.7 Å². The third kappa shape index (κ3) is 3.29. The topological polar surface area (TPSA) is 60.8 Å². The Morgan fingerprint density at radius 1 is 1.42 bits per heavy atom. The lowest BCUT2D eigenvalue weighted by atomic mass is 10.1. The van der Waals surface area contributed by atoms with Crippen LogP contribution >= 0.6 is 11.8 Å². The van der Waals surface area contributed by atoms with Gasteiger partial charge in [-0.25, -0.2) is 0 Å². The number of carbonyl (C=O) groups excluding carboxylic acids is 1. The van der Waals surface area contributed by atoms with Crippen LogP contribution in [0, 0.1) is 0 Å². The summed E-state index contributed by atoms with van der Waals surface area (Å²) in [7, 11) is 0. The van der Waals surface area contributed by atoms with Crippen molar-refractivity contribution in [3.63, 3.8) is 0 Å². The van der Waals surface area contributed by atoms with Crippen LogP contribution in [0.2, 0.25) is 0 Å². The lowest BCUT2D eigenvalue weighted by molar-refractivity contribution is -0.129. The number of aliphatic hydroxyl groups excluding tert-OH is 2. The Morgan fingerprint density at radius 2 is 2.11 bits per heavy atom. The Morgan fingerprint density at radius 3 is 2.68 bits per heavy atom. The maximum Gasteiger partial charge on any atom is 0.233 e. The Balaban J connectivity index is 2.14. The summed E-state index contributed by atoms with van der Waals surface area (Å²) < 4.78 is 0. The van der Waals surface area contributed by atoms with Crippen molar-refractivity contribution in [2.75, 3.05) is 18.9 Å². The largest absolute Gasteiger partial charge is 0.394 e. The molecule has 2 atom stereocenters. The molecular weight excluding hydrogens is 262 g/mol. The van der Waals surface area contributed by atoms with Gasteiger partial charge in [-0.05, 0) is 17.5 Å². The number of aryl methyl sites for hydroxylation is 1. The van der Waals surface area contributed by atoms with E-state index in [-0.39, 0.29) is 24.4 Å². The monoisotopic (exact) mass is 281 g/mol. The number of rotatable bonds is 5. The van der Waals surface area contributed by atoms with Crippen LogP contribution in [0.4, 0.5) is 0 Å². The molecule has 0 bridgehead atoms. The molecule has 0 aromatic heterocycles. The third-order valence-corrected chi connectivity index (χ3v) is 4.52. The molecule has 104 valence electrons. The van der Waals surface area contributed by atoms with E-state index in [1.807, 2.05) is 12.1 Å². The molecular formula is C14H19NO3S. The Labute approximate surface area is 117 Å². The van der Waals surface area contributed by atoms with Gasteiger partial charge in [0.2, 0.25) is 5.91 Å². The van der Waals surface area contributed by atoms with Gasteiger partial charge in [0.05, 0.1) is 25.0 Å². The summed E-state index contributed by atoms with van der Waals surface area (Å²) in [6.07, 6.45) is 0.115. The van der Waals surface area contributed by atoms with Gasteiger partial charge in [-0.2, -0.15) is 0 Å². The van der Waals surface area contributed by atoms with Crippen molar-refractivity contribution < 1.29 is 15.0 Å². The lowest BCUT2D eigenvalue weighted by Gasteiger charge is -2.26. The minimum Gasteiger partial charge on any atom is -0.394 e. The molecule has 1 heterocycles. The molecule has 1 fully saturated rings. The molecule has 4 nitrogen and oxygen atoms in total. The molecule has 1 amide bonds. The van der Waals surface area contributed by atoms with Crippen LogP contribution in [0.5, 0.6) is 0 Å². The number of β-amino-alcohol motifs (C(OH)–C–C–N with tert-alkyl or cyclic N) is 1. The molecule has 2 unspecified atom stereocenters. The molecule has 0 radical (unpaired) electrons. The smallest absolute Gasteiger partial charge is 0.233 e. The van der Waals surface area contributed by atoms with Gasteiger partial charge in [-0.15, -0.1) is 11.8 Å². The number of hydrogen-bond donors (Lipinski definition) is 2. The minimum atomic E-state index is -0.875. The first-order valence-corrected chi connectivity index (χ1v) is 7.49. The van der Waals surface area contributed by atoms with Crippen LogP contribution in [-0.2, 0) is 11.2 Å².